The van der Waals surface area contributed by atoms with E-state index in [9.17, 15) is 4.79 Å². The molecular weight excluding hydrogens is 236 g/mol. The third kappa shape index (κ3) is 1.97. The van der Waals surface area contributed by atoms with E-state index in [4.69, 9.17) is 0 Å². The molecule has 2 aromatic carbocycles. The van der Waals surface area contributed by atoms with Crippen LogP contribution >= 0.6 is 0 Å². The van der Waals surface area contributed by atoms with Gasteiger partial charge in [0.1, 0.15) is 0 Å². The highest BCUT2D eigenvalue weighted by Gasteiger charge is 2.17. The van der Waals surface area contributed by atoms with Gasteiger partial charge < -0.3 is 10.2 Å². The van der Waals surface area contributed by atoms with Crippen molar-refractivity contribution in [1.82, 2.24) is 4.90 Å². The second-order valence-electron chi connectivity index (χ2n) is 4.99. The van der Waals surface area contributed by atoms with Crippen molar-refractivity contribution in [3.8, 4) is 0 Å². The molecule has 0 saturated heterocycles. The molecule has 0 aliphatic carbocycles. The maximum Gasteiger partial charge on any atom is 0.226 e. The number of amides is 1. The number of rotatable bonds is 2. The van der Waals surface area contributed by atoms with E-state index in [0.29, 0.717) is 6.42 Å². The summed E-state index contributed by atoms with van der Waals surface area (Å²) in [7, 11) is 3.57. The van der Waals surface area contributed by atoms with Crippen molar-refractivity contribution in [3.05, 3.63) is 48.2 Å². The fourth-order valence-electron chi connectivity index (χ4n) is 2.44. The zero-order chi connectivity index (χ0) is 13.4. The summed E-state index contributed by atoms with van der Waals surface area (Å²) in [6.07, 6.45) is 2.37. The summed E-state index contributed by atoms with van der Waals surface area (Å²) in [5.41, 5.74) is 3.30. The normalized spacial score (nSPS) is 12.8. The lowest BCUT2D eigenvalue weighted by atomic mass is 9.93. The molecule has 1 aliphatic heterocycles. The topological polar surface area (TPSA) is 32.3 Å². The number of hydrogen-bond donors (Lipinski definition) is 1. The maximum atomic E-state index is 11.9. The van der Waals surface area contributed by atoms with Gasteiger partial charge in [-0.05, 0) is 22.6 Å². The number of carbonyl (C=O) groups excluding carboxylic acids is 1. The van der Waals surface area contributed by atoms with Crippen LogP contribution in [-0.2, 0) is 4.79 Å². The van der Waals surface area contributed by atoms with Crippen molar-refractivity contribution in [2.75, 3.05) is 19.4 Å². The molecule has 1 heterocycles. The monoisotopic (exact) mass is 252 g/mol. The molecule has 3 nitrogen and oxygen atoms in total. The highest BCUT2D eigenvalue weighted by Crippen LogP contribution is 2.36. The third-order valence-corrected chi connectivity index (χ3v) is 3.49. The summed E-state index contributed by atoms with van der Waals surface area (Å²) in [4.78, 5) is 13.5. The lowest BCUT2D eigenvalue weighted by Crippen LogP contribution is -2.22. The molecule has 0 aromatic heterocycles. The van der Waals surface area contributed by atoms with Gasteiger partial charge in [0.15, 0.2) is 0 Å². The van der Waals surface area contributed by atoms with Crippen molar-refractivity contribution in [1.29, 1.82) is 0 Å². The average Bonchev–Trinajstić information content (AvgIpc) is 2.42. The molecule has 0 fully saturated rings. The van der Waals surface area contributed by atoms with Crippen LogP contribution in [0.15, 0.2) is 42.6 Å². The number of anilines is 1. The highest BCUT2D eigenvalue weighted by atomic mass is 16.2. The third-order valence-electron chi connectivity index (χ3n) is 3.49. The van der Waals surface area contributed by atoms with Crippen LogP contribution in [0.5, 0.6) is 0 Å². The van der Waals surface area contributed by atoms with Gasteiger partial charge in [-0.1, -0.05) is 30.3 Å². The fourth-order valence-corrected chi connectivity index (χ4v) is 2.44. The molecule has 2 aromatic rings. The summed E-state index contributed by atoms with van der Waals surface area (Å²) in [5, 5.41) is 5.69. The van der Waals surface area contributed by atoms with Crippen molar-refractivity contribution in [2.24, 2.45) is 0 Å². The number of hydrogen-bond acceptors (Lipinski definition) is 2. The van der Waals surface area contributed by atoms with Gasteiger partial charge in [0, 0.05) is 31.4 Å². The first-order chi connectivity index (χ1) is 9.16. The number of benzene rings is 2. The molecule has 0 unspecified atom stereocenters. The van der Waals surface area contributed by atoms with E-state index in [0.717, 1.165) is 16.8 Å². The SMILES string of the molecule is CN(C)C(=O)CC1=CNc2cccc3cccc1c23. The smallest absolute Gasteiger partial charge is 0.226 e. The van der Waals surface area contributed by atoms with Crippen LogP contribution in [0.25, 0.3) is 16.3 Å². The van der Waals surface area contributed by atoms with Crippen molar-refractivity contribution < 1.29 is 4.79 Å². The summed E-state index contributed by atoms with van der Waals surface area (Å²) in [6, 6.07) is 12.4. The quantitative estimate of drug-likeness (QED) is 0.890. The molecule has 1 amide bonds. The Morgan fingerprint density at radius 3 is 2.63 bits per heavy atom. The van der Waals surface area contributed by atoms with Gasteiger partial charge in [0.05, 0.1) is 6.42 Å². The van der Waals surface area contributed by atoms with Gasteiger partial charge in [-0.2, -0.15) is 0 Å². The maximum absolute atomic E-state index is 11.9. The highest BCUT2D eigenvalue weighted by molar-refractivity contribution is 6.07. The Hall–Kier alpha value is -2.29. The van der Waals surface area contributed by atoms with Crippen LogP contribution in [-0.4, -0.2) is 24.9 Å². The molecule has 3 heteroatoms. The molecule has 96 valence electrons. The van der Waals surface area contributed by atoms with Gasteiger partial charge in [0.2, 0.25) is 5.91 Å². The molecule has 3 rings (SSSR count). The first-order valence-corrected chi connectivity index (χ1v) is 6.34. The Labute approximate surface area is 112 Å². The minimum absolute atomic E-state index is 0.115. The molecule has 0 radical (unpaired) electrons. The fraction of sp³-hybridized carbons (Fsp3) is 0.188. The van der Waals surface area contributed by atoms with Crippen LogP contribution in [0, 0.1) is 0 Å². The minimum Gasteiger partial charge on any atom is -0.361 e. The molecule has 0 bridgehead atoms. The largest absolute Gasteiger partial charge is 0.361 e. The van der Waals surface area contributed by atoms with Crippen molar-refractivity contribution in [3.63, 3.8) is 0 Å². The lowest BCUT2D eigenvalue weighted by Gasteiger charge is -2.20. The van der Waals surface area contributed by atoms with Crippen LogP contribution in [0.3, 0.4) is 0 Å². The van der Waals surface area contributed by atoms with E-state index < -0.39 is 0 Å². The lowest BCUT2D eigenvalue weighted by molar-refractivity contribution is -0.127. The van der Waals surface area contributed by atoms with Crippen LogP contribution in [0.2, 0.25) is 0 Å². The standard InChI is InChI=1S/C16H16N2O/c1-18(2)15(19)9-12-10-17-14-8-4-6-11-5-3-7-13(12)16(11)14/h3-8,10,17H,9H2,1-2H3. The number of carbonyl (C=O) groups is 1. The van der Waals surface area contributed by atoms with Gasteiger partial charge in [-0.15, -0.1) is 0 Å². The Balaban J connectivity index is 2.08. The molecule has 19 heavy (non-hydrogen) atoms. The average molecular weight is 252 g/mol. The predicted octanol–water partition coefficient (Wildman–Crippen LogP) is 3.08. The van der Waals surface area contributed by atoms with Gasteiger partial charge in [0.25, 0.3) is 0 Å². The van der Waals surface area contributed by atoms with E-state index >= 15 is 0 Å². The van der Waals surface area contributed by atoms with E-state index in [-0.39, 0.29) is 5.91 Å². The van der Waals surface area contributed by atoms with Crippen molar-refractivity contribution >= 4 is 27.9 Å². The molecule has 0 saturated carbocycles. The number of nitrogens with zero attached hydrogens (tertiary/aromatic N) is 1. The van der Waals surface area contributed by atoms with Gasteiger partial charge in [-0.25, -0.2) is 0 Å². The first kappa shape index (κ1) is 11.8. The van der Waals surface area contributed by atoms with E-state index in [1.54, 1.807) is 19.0 Å². The van der Waals surface area contributed by atoms with Crippen molar-refractivity contribution in [2.45, 2.75) is 6.42 Å². The van der Waals surface area contributed by atoms with E-state index in [1.807, 2.05) is 18.3 Å². The summed E-state index contributed by atoms with van der Waals surface area (Å²) in [6.45, 7) is 0. The van der Waals surface area contributed by atoms with Gasteiger partial charge >= 0.3 is 0 Å². The van der Waals surface area contributed by atoms with Crippen LogP contribution in [0.4, 0.5) is 5.69 Å². The van der Waals surface area contributed by atoms with E-state index in [2.05, 4.69) is 29.6 Å². The number of nitrogens with one attached hydrogen (secondary N) is 1. The van der Waals surface area contributed by atoms with Gasteiger partial charge in [-0.3, -0.25) is 4.79 Å². The summed E-state index contributed by atoms with van der Waals surface area (Å²) < 4.78 is 0. The second-order valence-corrected chi connectivity index (χ2v) is 4.99. The first-order valence-electron chi connectivity index (χ1n) is 6.34. The Bertz CT molecular complexity index is 681. The zero-order valence-corrected chi connectivity index (χ0v) is 11.1. The molecular formula is C16H16N2O. The Morgan fingerprint density at radius 1 is 1.16 bits per heavy atom. The van der Waals surface area contributed by atoms with Crippen LogP contribution < -0.4 is 5.32 Å². The van der Waals surface area contributed by atoms with Crippen LogP contribution in [0.1, 0.15) is 12.0 Å². The molecule has 1 aliphatic rings. The Kier molecular flexibility index (Phi) is 2.75. The summed E-state index contributed by atoms with van der Waals surface area (Å²) in [5.74, 6) is 0.115. The molecule has 0 spiro atoms. The predicted molar refractivity (Wildman–Crippen MR) is 78.9 cm³/mol. The minimum atomic E-state index is 0.115. The zero-order valence-electron chi connectivity index (χ0n) is 11.1. The van der Waals surface area contributed by atoms with E-state index in [1.165, 1.54) is 10.8 Å². The molecule has 0 atom stereocenters. The Morgan fingerprint density at radius 2 is 1.89 bits per heavy atom. The summed E-state index contributed by atoms with van der Waals surface area (Å²) >= 11 is 0. The second kappa shape index (κ2) is 4.43. The molecule has 1 N–H and O–H groups in total.